The quantitative estimate of drug-likeness (QED) is 0.803. The highest BCUT2D eigenvalue weighted by Crippen LogP contribution is 2.07. The largest absolute Gasteiger partial charge is 0.352 e. The van der Waals surface area contributed by atoms with E-state index in [9.17, 15) is 9.00 Å². The summed E-state index contributed by atoms with van der Waals surface area (Å²) in [6, 6.07) is 7.03. The normalized spacial score (nSPS) is 14.1. The number of carbonyl (C=O) groups is 1. The molecule has 1 aromatic rings. The lowest BCUT2D eigenvalue weighted by Gasteiger charge is -2.09. The molecule has 0 fully saturated rings. The van der Waals surface area contributed by atoms with Crippen molar-refractivity contribution in [2.75, 3.05) is 12.8 Å². The van der Waals surface area contributed by atoms with E-state index in [2.05, 4.69) is 17.9 Å². The molecule has 2 unspecified atom stereocenters. The van der Waals surface area contributed by atoms with E-state index >= 15 is 0 Å². The molecule has 0 heterocycles. The van der Waals surface area contributed by atoms with Crippen LogP contribution >= 0.6 is 12.6 Å². The summed E-state index contributed by atoms with van der Waals surface area (Å²) < 4.78 is 11.1. The van der Waals surface area contributed by atoms with Crippen molar-refractivity contribution in [1.82, 2.24) is 5.32 Å². The number of amides is 1. The van der Waals surface area contributed by atoms with Gasteiger partial charge in [-0.3, -0.25) is 9.00 Å². The molecule has 0 aromatic heterocycles. The first-order chi connectivity index (χ1) is 8.00. The molecule has 1 rings (SSSR count). The minimum absolute atomic E-state index is 0.104. The van der Waals surface area contributed by atoms with Crippen LogP contribution in [0.1, 0.15) is 23.7 Å². The second kappa shape index (κ2) is 6.81. The van der Waals surface area contributed by atoms with Gasteiger partial charge >= 0.3 is 0 Å². The zero-order valence-corrected chi connectivity index (χ0v) is 11.7. The van der Waals surface area contributed by atoms with E-state index in [0.717, 1.165) is 11.3 Å². The Balaban J connectivity index is 2.40. The fraction of sp³-hybridized carbons (Fsp3) is 0.417. The van der Waals surface area contributed by atoms with Gasteiger partial charge in [0.15, 0.2) is 0 Å². The summed E-state index contributed by atoms with van der Waals surface area (Å²) in [6.07, 6.45) is 2.40. The van der Waals surface area contributed by atoms with Gasteiger partial charge in [0.25, 0.3) is 5.91 Å². The Kier molecular flexibility index (Phi) is 5.71. The molecule has 0 aliphatic heterocycles. The number of nitrogens with one attached hydrogen (secondary N) is 1. The van der Waals surface area contributed by atoms with E-state index in [4.69, 9.17) is 0 Å². The fourth-order valence-corrected chi connectivity index (χ4v) is 1.87. The number of hydrogen-bond acceptors (Lipinski definition) is 3. The molecule has 2 atom stereocenters. The molecule has 0 saturated carbocycles. The lowest BCUT2D eigenvalue weighted by atomic mass is 10.2. The van der Waals surface area contributed by atoms with E-state index in [0.29, 0.717) is 12.1 Å². The van der Waals surface area contributed by atoms with Crippen molar-refractivity contribution in [2.45, 2.75) is 23.5 Å². The monoisotopic (exact) mass is 271 g/mol. The van der Waals surface area contributed by atoms with Crippen molar-refractivity contribution in [2.24, 2.45) is 0 Å². The van der Waals surface area contributed by atoms with Crippen molar-refractivity contribution in [3.05, 3.63) is 29.8 Å². The number of benzene rings is 1. The summed E-state index contributed by atoms with van der Waals surface area (Å²) in [6.45, 7) is 2.46. The van der Waals surface area contributed by atoms with Gasteiger partial charge in [-0.1, -0.05) is 6.92 Å². The van der Waals surface area contributed by atoms with Crippen molar-refractivity contribution >= 4 is 29.3 Å². The highest BCUT2D eigenvalue weighted by atomic mass is 32.2. The summed E-state index contributed by atoms with van der Waals surface area (Å²) in [4.78, 5) is 12.5. The van der Waals surface area contributed by atoms with Crippen molar-refractivity contribution < 1.29 is 9.00 Å². The summed E-state index contributed by atoms with van der Waals surface area (Å²) in [5.74, 6) is -0.104. The van der Waals surface area contributed by atoms with Crippen LogP contribution in [0.5, 0.6) is 0 Å². The highest BCUT2D eigenvalue weighted by molar-refractivity contribution is 7.84. The first kappa shape index (κ1) is 14.3. The van der Waals surface area contributed by atoms with E-state index in [1.807, 2.05) is 6.92 Å². The van der Waals surface area contributed by atoms with Gasteiger partial charge in [-0.15, -0.1) is 12.6 Å². The van der Waals surface area contributed by atoms with E-state index in [1.165, 1.54) is 0 Å². The number of thiol groups is 1. The Morgan fingerprint density at radius 2 is 2.00 bits per heavy atom. The van der Waals surface area contributed by atoms with Crippen LogP contribution in [0.4, 0.5) is 0 Å². The predicted octanol–water partition coefficient (Wildman–Crippen LogP) is 1.86. The molecule has 0 bridgehead atoms. The van der Waals surface area contributed by atoms with Crippen molar-refractivity contribution in [3.8, 4) is 0 Å². The SMILES string of the molecule is CC(CCNC(=O)c1ccc(S)cc1)S(C)=O. The predicted molar refractivity (Wildman–Crippen MR) is 74.2 cm³/mol. The first-order valence-electron chi connectivity index (χ1n) is 5.40. The minimum atomic E-state index is -0.834. The molecule has 3 nitrogen and oxygen atoms in total. The lowest BCUT2D eigenvalue weighted by molar-refractivity contribution is 0.0953. The molecule has 0 spiro atoms. The Morgan fingerprint density at radius 1 is 1.41 bits per heavy atom. The molecule has 1 aromatic carbocycles. The molecule has 17 heavy (non-hydrogen) atoms. The summed E-state index contributed by atoms with van der Waals surface area (Å²) in [5, 5.41) is 2.91. The number of hydrogen-bond donors (Lipinski definition) is 2. The Morgan fingerprint density at radius 3 is 2.53 bits per heavy atom. The average Bonchev–Trinajstić information content (AvgIpc) is 2.29. The number of rotatable bonds is 5. The van der Waals surface area contributed by atoms with Crippen LogP contribution in [0.2, 0.25) is 0 Å². The zero-order chi connectivity index (χ0) is 12.8. The zero-order valence-electron chi connectivity index (χ0n) is 9.97. The van der Waals surface area contributed by atoms with Crippen LogP contribution in [0.15, 0.2) is 29.2 Å². The van der Waals surface area contributed by atoms with Gasteiger partial charge in [-0.2, -0.15) is 0 Å². The maximum Gasteiger partial charge on any atom is 0.251 e. The molecular weight excluding hydrogens is 254 g/mol. The highest BCUT2D eigenvalue weighted by Gasteiger charge is 2.08. The minimum Gasteiger partial charge on any atom is -0.352 e. The van der Waals surface area contributed by atoms with Gasteiger partial charge in [0, 0.05) is 39.3 Å². The Labute approximate surface area is 110 Å². The Bertz CT molecular complexity index is 403. The molecule has 1 amide bonds. The molecule has 0 aliphatic carbocycles. The average molecular weight is 271 g/mol. The molecule has 1 N–H and O–H groups in total. The molecule has 5 heteroatoms. The molecular formula is C12H17NO2S2. The second-order valence-corrected chi connectivity index (χ2v) is 6.22. The Hall–Kier alpha value is -0.810. The van der Waals surface area contributed by atoms with Crippen LogP contribution < -0.4 is 5.32 Å². The van der Waals surface area contributed by atoms with Crippen molar-refractivity contribution in [3.63, 3.8) is 0 Å². The van der Waals surface area contributed by atoms with Crippen LogP contribution in [0.3, 0.4) is 0 Å². The first-order valence-corrected chi connectivity index (χ1v) is 7.47. The smallest absolute Gasteiger partial charge is 0.251 e. The maximum atomic E-state index is 11.7. The summed E-state index contributed by atoms with van der Waals surface area (Å²) >= 11 is 4.15. The third kappa shape index (κ3) is 4.91. The standard InChI is InChI=1S/C12H17NO2S2/c1-9(17(2)15)7-8-13-12(14)10-3-5-11(16)6-4-10/h3-6,9,16H,7-8H2,1-2H3,(H,13,14). The molecule has 94 valence electrons. The van der Waals surface area contributed by atoms with Gasteiger partial charge in [0.1, 0.15) is 0 Å². The van der Waals surface area contributed by atoms with E-state index < -0.39 is 10.8 Å². The van der Waals surface area contributed by atoms with Crippen LogP contribution in [-0.4, -0.2) is 28.2 Å². The topological polar surface area (TPSA) is 46.2 Å². The summed E-state index contributed by atoms with van der Waals surface area (Å²) in [7, 11) is -0.834. The second-order valence-electron chi connectivity index (χ2n) is 3.90. The van der Waals surface area contributed by atoms with Crippen LogP contribution in [0.25, 0.3) is 0 Å². The van der Waals surface area contributed by atoms with Gasteiger partial charge < -0.3 is 5.32 Å². The van der Waals surface area contributed by atoms with Crippen molar-refractivity contribution in [1.29, 1.82) is 0 Å². The molecule has 0 radical (unpaired) electrons. The van der Waals surface area contributed by atoms with Gasteiger partial charge in [-0.05, 0) is 30.7 Å². The van der Waals surface area contributed by atoms with E-state index in [1.54, 1.807) is 30.5 Å². The molecule has 0 aliphatic rings. The van der Waals surface area contributed by atoms with Gasteiger partial charge in [0.2, 0.25) is 0 Å². The molecule has 0 saturated heterocycles. The fourth-order valence-electron chi connectivity index (χ4n) is 1.27. The van der Waals surface area contributed by atoms with Crippen LogP contribution in [-0.2, 0) is 10.8 Å². The third-order valence-electron chi connectivity index (χ3n) is 2.53. The lowest BCUT2D eigenvalue weighted by Crippen LogP contribution is -2.27. The summed E-state index contributed by atoms with van der Waals surface area (Å²) in [5.41, 5.74) is 0.619. The van der Waals surface area contributed by atoms with Crippen LogP contribution in [0, 0.1) is 0 Å². The van der Waals surface area contributed by atoms with Gasteiger partial charge in [0.05, 0.1) is 0 Å². The third-order valence-corrected chi connectivity index (χ3v) is 4.20. The number of carbonyl (C=O) groups excluding carboxylic acids is 1. The van der Waals surface area contributed by atoms with E-state index in [-0.39, 0.29) is 11.2 Å². The maximum absolute atomic E-state index is 11.7. The van der Waals surface area contributed by atoms with Gasteiger partial charge in [-0.25, -0.2) is 0 Å².